The van der Waals surface area contributed by atoms with Crippen LogP contribution in [0.5, 0.6) is 0 Å². The molecule has 9 heteroatoms. The highest BCUT2D eigenvalue weighted by Crippen LogP contribution is 2.16. The van der Waals surface area contributed by atoms with E-state index in [1.54, 1.807) is 16.8 Å². The Morgan fingerprint density at radius 1 is 1.07 bits per heavy atom. The van der Waals surface area contributed by atoms with Crippen molar-refractivity contribution in [2.75, 3.05) is 5.32 Å². The maximum atomic E-state index is 12.1. The first kappa shape index (κ1) is 18.9. The summed E-state index contributed by atoms with van der Waals surface area (Å²) in [7, 11) is 0. The predicted octanol–water partition coefficient (Wildman–Crippen LogP) is 3.23. The van der Waals surface area contributed by atoms with Gasteiger partial charge in [-0.05, 0) is 35.9 Å². The third kappa shape index (κ3) is 4.72. The molecule has 3 aromatic heterocycles. The number of anilines is 1. The number of fused-ring (bicyclic) bond motifs is 1. The molecule has 8 nitrogen and oxygen atoms in total. The molecule has 0 aliphatic heterocycles. The summed E-state index contributed by atoms with van der Waals surface area (Å²) in [6.45, 7) is 0.908. The van der Waals surface area contributed by atoms with E-state index in [1.165, 1.54) is 0 Å². The van der Waals surface area contributed by atoms with Gasteiger partial charge in [0.05, 0.1) is 12.8 Å². The van der Waals surface area contributed by atoms with Gasteiger partial charge in [-0.25, -0.2) is 0 Å². The number of carbonyl (C=O) groups excluding carboxylic acids is 1. The largest absolute Gasteiger partial charge is 0.467 e. The first-order valence-electron chi connectivity index (χ1n) is 9.17. The van der Waals surface area contributed by atoms with Crippen LogP contribution in [0.3, 0.4) is 0 Å². The molecule has 3 heterocycles. The summed E-state index contributed by atoms with van der Waals surface area (Å²) in [5.41, 5.74) is 1.60. The predicted molar refractivity (Wildman–Crippen MR) is 108 cm³/mol. The molecule has 2 N–H and O–H groups in total. The number of aryl methyl sites for hydroxylation is 1. The van der Waals surface area contributed by atoms with E-state index in [9.17, 15) is 4.79 Å². The average Bonchev–Trinajstić information content (AvgIpc) is 3.40. The fraction of sp³-hybridized carbons (Fsp3) is 0.200. The van der Waals surface area contributed by atoms with Crippen LogP contribution < -0.4 is 10.6 Å². The number of nitrogens with zero attached hydrogens (tertiary/aromatic N) is 4. The van der Waals surface area contributed by atoms with Gasteiger partial charge in [0.25, 0.3) is 0 Å². The molecule has 0 bridgehead atoms. The Balaban J connectivity index is 1.37. The first-order chi connectivity index (χ1) is 14.2. The summed E-state index contributed by atoms with van der Waals surface area (Å²) in [6, 6.07) is 14.9. The third-order valence-corrected chi connectivity index (χ3v) is 4.73. The summed E-state index contributed by atoms with van der Waals surface area (Å²) in [5, 5.41) is 19.6. The molecule has 0 atom stereocenters. The zero-order chi connectivity index (χ0) is 20.1. The van der Waals surface area contributed by atoms with Crippen molar-refractivity contribution in [2.45, 2.75) is 25.9 Å². The number of nitrogens with one attached hydrogen (secondary N) is 2. The Hall–Kier alpha value is -3.39. The second-order valence-corrected chi connectivity index (χ2v) is 6.81. The van der Waals surface area contributed by atoms with Crippen molar-refractivity contribution in [1.29, 1.82) is 0 Å². The van der Waals surface area contributed by atoms with E-state index in [0.717, 1.165) is 5.56 Å². The van der Waals surface area contributed by atoms with Crippen molar-refractivity contribution in [3.63, 3.8) is 0 Å². The van der Waals surface area contributed by atoms with Gasteiger partial charge < -0.3 is 15.1 Å². The van der Waals surface area contributed by atoms with Gasteiger partial charge in [-0.3, -0.25) is 4.79 Å². The molecule has 0 fully saturated rings. The van der Waals surface area contributed by atoms with Gasteiger partial charge in [-0.2, -0.15) is 4.52 Å². The summed E-state index contributed by atoms with van der Waals surface area (Å²) < 4.78 is 6.85. The van der Waals surface area contributed by atoms with Crippen LogP contribution in [0.1, 0.15) is 23.6 Å². The number of rotatable bonds is 8. The van der Waals surface area contributed by atoms with Crippen LogP contribution >= 0.6 is 11.6 Å². The second kappa shape index (κ2) is 8.74. The highest BCUT2D eigenvalue weighted by molar-refractivity contribution is 6.31. The van der Waals surface area contributed by atoms with E-state index in [0.29, 0.717) is 47.6 Å². The molecule has 0 spiro atoms. The fourth-order valence-electron chi connectivity index (χ4n) is 2.82. The lowest BCUT2D eigenvalue weighted by molar-refractivity contribution is -0.121. The van der Waals surface area contributed by atoms with E-state index >= 15 is 0 Å². The van der Waals surface area contributed by atoms with Crippen molar-refractivity contribution in [2.24, 2.45) is 0 Å². The Morgan fingerprint density at radius 2 is 1.97 bits per heavy atom. The molecule has 4 rings (SSSR count). The molecule has 0 unspecified atom stereocenters. The second-order valence-electron chi connectivity index (χ2n) is 6.41. The third-order valence-electron chi connectivity index (χ3n) is 4.36. The van der Waals surface area contributed by atoms with Gasteiger partial charge in [0.15, 0.2) is 11.5 Å². The van der Waals surface area contributed by atoms with Crippen LogP contribution in [0.2, 0.25) is 5.02 Å². The van der Waals surface area contributed by atoms with Crippen molar-refractivity contribution >= 4 is 29.0 Å². The molecule has 0 aliphatic rings. The Bertz CT molecular complexity index is 1110. The summed E-state index contributed by atoms with van der Waals surface area (Å²) in [5.74, 6) is 1.91. The molecule has 4 aromatic rings. The van der Waals surface area contributed by atoms with Crippen molar-refractivity contribution in [3.8, 4) is 0 Å². The van der Waals surface area contributed by atoms with Gasteiger partial charge in [-0.15, -0.1) is 15.3 Å². The average molecular weight is 411 g/mol. The lowest BCUT2D eigenvalue weighted by atomic mass is 10.2. The van der Waals surface area contributed by atoms with Crippen LogP contribution in [-0.2, 0) is 24.3 Å². The molecule has 1 amide bonds. The van der Waals surface area contributed by atoms with Crippen LogP contribution in [0.15, 0.2) is 59.2 Å². The van der Waals surface area contributed by atoms with Gasteiger partial charge >= 0.3 is 0 Å². The number of hydrogen-bond acceptors (Lipinski definition) is 6. The number of furan rings is 1. The van der Waals surface area contributed by atoms with Crippen LogP contribution in [0, 0.1) is 0 Å². The maximum Gasteiger partial charge on any atom is 0.220 e. The van der Waals surface area contributed by atoms with Gasteiger partial charge in [0, 0.05) is 24.4 Å². The van der Waals surface area contributed by atoms with E-state index in [-0.39, 0.29) is 12.3 Å². The lowest BCUT2D eigenvalue weighted by Crippen LogP contribution is -2.23. The minimum Gasteiger partial charge on any atom is -0.467 e. The normalized spacial score (nSPS) is 10.9. The topological polar surface area (TPSA) is 97.4 Å². The molecule has 29 heavy (non-hydrogen) atoms. The van der Waals surface area contributed by atoms with Crippen molar-refractivity contribution < 1.29 is 9.21 Å². The summed E-state index contributed by atoms with van der Waals surface area (Å²) in [6.07, 6.45) is 2.28. The Labute approximate surface area is 171 Å². The SMILES string of the molecule is O=C(CCc1nnc2ccc(NCc3ccccc3Cl)nn12)NCc1ccco1. The van der Waals surface area contributed by atoms with E-state index in [4.69, 9.17) is 16.0 Å². The van der Waals surface area contributed by atoms with Crippen LogP contribution in [0.25, 0.3) is 5.65 Å². The summed E-state index contributed by atoms with van der Waals surface area (Å²) in [4.78, 5) is 12.1. The molecule has 0 saturated carbocycles. The molecule has 1 aromatic carbocycles. The number of carbonyl (C=O) groups is 1. The molecular weight excluding hydrogens is 392 g/mol. The number of hydrogen-bond donors (Lipinski definition) is 2. The van der Waals surface area contributed by atoms with Gasteiger partial charge in [-0.1, -0.05) is 29.8 Å². The Morgan fingerprint density at radius 3 is 2.79 bits per heavy atom. The monoisotopic (exact) mass is 410 g/mol. The maximum absolute atomic E-state index is 12.1. The smallest absolute Gasteiger partial charge is 0.220 e. The van der Waals surface area contributed by atoms with Crippen LogP contribution in [0.4, 0.5) is 5.82 Å². The summed E-state index contributed by atoms with van der Waals surface area (Å²) >= 11 is 6.19. The minimum atomic E-state index is -0.0915. The fourth-order valence-corrected chi connectivity index (χ4v) is 3.03. The van der Waals surface area contributed by atoms with Crippen molar-refractivity contribution in [1.82, 2.24) is 25.1 Å². The van der Waals surface area contributed by atoms with E-state index in [2.05, 4.69) is 25.9 Å². The highest BCUT2D eigenvalue weighted by atomic mass is 35.5. The number of halogens is 1. The van der Waals surface area contributed by atoms with E-state index < -0.39 is 0 Å². The molecule has 0 aliphatic carbocycles. The number of benzene rings is 1. The van der Waals surface area contributed by atoms with Crippen LogP contribution in [-0.4, -0.2) is 25.7 Å². The minimum absolute atomic E-state index is 0.0915. The zero-order valence-corrected chi connectivity index (χ0v) is 16.3. The number of aromatic nitrogens is 4. The molecule has 148 valence electrons. The Kier molecular flexibility index (Phi) is 5.71. The highest BCUT2D eigenvalue weighted by Gasteiger charge is 2.11. The quantitative estimate of drug-likeness (QED) is 0.463. The molecule has 0 radical (unpaired) electrons. The number of amides is 1. The van der Waals surface area contributed by atoms with E-state index in [1.807, 2.05) is 42.5 Å². The first-order valence-corrected chi connectivity index (χ1v) is 9.54. The standard InChI is InChI=1S/C20H19ClN6O2/c21-16-6-2-1-4-14(16)12-22-17-7-8-18-24-25-19(27(18)26-17)9-10-20(28)23-13-15-5-3-11-29-15/h1-8,11H,9-10,12-13H2,(H,22,26)(H,23,28). The van der Waals surface area contributed by atoms with Gasteiger partial charge in [0.1, 0.15) is 11.6 Å². The molecule has 0 saturated heterocycles. The lowest BCUT2D eigenvalue weighted by Gasteiger charge is -2.08. The van der Waals surface area contributed by atoms with Gasteiger partial charge in [0.2, 0.25) is 5.91 Å². The zero-order valence-electron chi connectivity index (χ0n) is 15.5. The van der Waals surface area contributed by atoms with Crippen molar-refractivity contribution in [3.05, 3.63) is 77.0 Å². The molecular formula is C20H19ClN6O2.